The predicted molar refractivity (Wildman–Crippen MR) is 103 cm³/mol. The summed E-state index contributed by atoms with van der Waals surface area (Å²) in [6.07, 6.45) is 8.46. The summed E-state index contributed by atoms with van der Waals surface area (Å²) in [7, 11) is 0. The van der Waals surface area contributed by atoms with Gasteiger partial charge in [-0.15, -0.1) is 0 Å². The van der Waals surface area contributed by atoms with Gasteiger partial charge in [0.2, 0.25) is 0 Å². The van der Waals surface area contributed by atoms with Crippen molar-refractivity contribution >= 4 is 5.91 Å². The van der Waals surface area contributed by atoms with Crippen molar-refractivity contribution in [3.05, 3.63) is 53.9 Å². The number of ether oxygens (including phenoxy) is 2. The summed E-state index contributed by atoms with van der Waals surface area (Å²) in [4.78, 5) is 16.8. The molecule has 0 atom stereocenters. The van der Waals surface area contributed by atoms with Crippen molar-refractivity contribution in [3.63, 3.8) is 0 Å². The van der Waals surface area contributed by atoms with E-state index in [1.807, 2.05) is 31.2 Å². The zero-order valence-corrected chi connectivity index (χ0v) is 15.7. The smallest absolute Gasteiger partial charge is 0.251 e. The van der Waals surface area contributed by atoms with Crippen LogP contribution in [-0.2, 0) is 6.61 Å². The number of carbonyl (C=O) groups excluding carboxylic acids is 1. The predicted octanol–water partition coefficient (Wildman–Crippen LogP) is 3.98. The van der Waals surface area contributed by atoms with E-state index >= 15 is 0 Å². The third-order valence-electron chi connectivity index (χ3n) is 5.21. The van der Waals surface area contributed by atoms with Crippen molar-refractivity contribution in [2.24, 2.45) is 11.8 Å². The lowest BCUT2D eigenvalue weighted by Crippen LogP contribution is -2.38. The first-order valence-electron chi connectivity index (χ1n) is 9.84. The molecule has 2 aliphatic rings. The van der Waals surface area contributed by atoms with E-state index in [9.17, 15) is 4.79 Å². The van der Waals surface area contributed by atoms with Gasteiger partial charge in [-0.25, -0.2) is 0 Å². The lowest BCUT2D eigenvalue weighted by atomic mass is 10.1. The fourth-order valence-corrected chi connectivity index (χ4v) is 3.44. The molecule has 0 radical (unpaired) electrons. The SMILES string of the molecule is CCOc1cc(C(=O)NC(C2CC2)C2CC2)ccc1OCc1ccncc1. The number of hydrogen-bond donors (Lipinski definition) is 1. The largest absolute Gasteiger partial charge is 0.490 e. The van der Waals surface area contributed by atoms with Crippen molar-refractivity contribution in [3.8, 4) is 11.5 Å². The number of pyridine rings is 1. The van der Waals surface area contributed by atoms with Crippen LogP contribution in [0.1, 0.15) is 48.5 Å². The molecule has 0 unspecified atom stereocenters. The van der Waals surface area contributed by atoms with Gasteiger partial charge in [-0.2, -0.15) is 0 Å². The minimum absolute atomic E-state index is 0.0135. The van der Waals surface area contributed by atoms with Gasteiger partial charge in [0.15, 0.2) is 11.5 Å². The number of hydrogen-bond acceptors (Lipinski definition) is 4. The Morgan fingerprint density at radius 2 is 1.78 bits per heavy atom. The van der Waals surface area contributed by atoms with Crippen molar-refractivity contribution < 1.29 is 14.3 Å². The highest BCUT2D eigenvalue weighted by atomic mass is 16.5. The molecule has 2 fully saturated rings. The van der Waals surface area contributed by atoms with Gasteiger partial charge in [0, 0.05) is 24.0 Å². The van der Waals surface area contributed by atoms with Crippen LogP contribution in [0.2, 0.25) is 0 Å². The first-order chi connectivity index (χ1) is 13.2. The van der Waals surface area contributed by atoms with Gasteiger partial charge in [-0.1, -0.05) is 0 Å². The topological polar surface area (TPSA) is 60.5 Å². The molecule has 142 valence electrons. The van der Waals surface area contributed by atoms with E-state index in [-0.39, 0.29) is 5.91 Å². The van der Waals surface area contributed by atoms with Gasteiger partial charge in [0.25, 0.3) is 5.91 Å². The Labute approximate surface area is 160 Å². The van der Waals surface area contributed by atoms with Crippen molar-refractivity contribution in [1.29, 1.82) is 0 Å². The highest BCUT2D eigenvalue weighted by Crippen LogP contribution is 2.44. The summed E-state index contributed by atoms with van der Waals surface area (Å²) in [6.45, 7) is 2.87. The van der Waals surface area contributed by atoms with Crippen LogP contribution < -0.4 is 14.8 Å². The first-order valence-corrected chi connectivity index (χ1v) is 9.84. The summed E-state index contributed by atoms with van der Waals surface area (Å²) >= 11 is 0. The molecule has 1 aromatic heterocycles. The van der Waals surface area contributed by atoms with Crippen LogP contribution in [0.4, 0.5) is 0 Å². The molecule has 5 heteroatoms. The lowest BCUT2D eigenvalue weighted by Gasteiger charge is -2.18. The minimum atomic E-state index is -0.0135. The maximum absolute atomic E-state index is 12.8. The highest BCUT2D eigenvalue weighted by molar-refractivity contribution is 5.95. The molecule has 4 rings (SSSR count). The van der Waals surface area contributed by atoms with Gasteiger partial charge in [0.1, 0.15) is 6.61 Å². The summed E-state index contributed by atoms with van der Waals surface area (Å²) in [6, 6.07) is 9.60. The molecule has 27 heavy (non-hydrogen) atoms. The second-order valence-electron chi connectivity index (χ2n) is 7.41. The van der Waals surface area contributed by atoms with Crippen LogP contribution in [-0.4, -0.2) is 23.5 Å². The van der Waals surface area contributed by atoms with Gasteiger partial charge in [-0.05, 0) is 80.3 Å². The fourth-order valence-electron chi connectivity index (χ4n) is 3.44. The van der Waals surface area contributed by atoms with E-state index in [0.29, 0.717) is 48.2 Å². The minimum Gasteiger partial charge on any atom is -0.490 e. The van der Waals surface area contributed by atoms with Crippen LogP contribution in [0.25, 0.3) is 0 Å². The molecule has 5 nitrogen and oxygen atoms in total. The Bertz CT molecular complexity index is 773. The summed E-state index contributed by atoms with van der Waals surface area (Å²) in [5.41, 5.74) is 1.66. The molecule has 0 saturated heterocycles. The molecule has 2 saturated carbocycles. The Hall–Kier alpha value is -2.56. The Balaban J connectivity index is 1.45. The molecular weight excluding hydrogens is 340 g/mol. The average Bonchev–Trinajstić information content (AvgIpc) is 3.59. The zero-order chi connectivity index (χ0) is 18.6. The Morgan fingerprint density at radius 3 is 2.41 bits per heavy atom. The maximum Gasteiger partial charge on any atom is 0.251 e. The molecule has 1 amide bonds. The number of benzene rings is 1. The van der Waals surface area contributed by atoms with E-state index < -0.39 is 0 Å². The number of amides is 1. The summed E-state index contributed by atoms with van der Waals surface area (Å²) in [5.74, 6) is 2.59. The van der Waals surface area contributed by atoms with Gasteiger partial charge in [0.05, 0.1) is 6.61 Å². The highest BCUT2D eigenvalue weighted by Gasteiger charge is 2.42. The van der Waals surface area contributed by atoms with Crippen LogP contribution in [0, 0.1) is 11.8 Å². The molecular formula is C22H26N2O3. The van der Waals surface area contributed by atoms with Crippen molar-refractivity contribution in [2.45, 2.75) is 45.3 Å². The number of rotatable bonds is 9. The van der Waals surface area contributed by atoms with Gasteiger partial charge < -0.3 is 14.8 Å². The standard InChI is InChI=1S/C22H26N2O3/c1-2-26-20-13-18(22(25)24-21(16-3-4-16)17-5-6-17)7-8-19(20)27-14-15-9-11-23-12-10-15/h7-13,16-17,21H,2-6,14H2,1H3,(H,24,25). The number of aromatic nitrogens is 1. The summed E-state index contributed by atoms with van der Waals surface area (Å²) < 4.78 is 11.6. The molecule has 1 aromatic carbocycles. The molecule has 0 spiro atoms. The second-order valence-corrected chi connectivity index (χ2v) is 7.41. The van der Waals surface area contributed by atoms with Crippen LogP contribution in [0.5, 0.6) is 11.5 Å². The van der Waals surface area contributed by atoms with Crippen molar-refractivity contribution in [2.75, 3.05) is 6.61 Å². The maximum atomic E-state index is 12.8. The Morgan fingerprint density at radius 1 is 1.07 bits per heavy atom. The van der Waals surface area contributed by atoms with Crippen LogP contribution in [0.3, 0.4) is 0 Å². The molecule has 0 aliphatic heterocycles. The van der Waals surface area contributed by atoms with Gasteiger partial charge >= 0.3 is 0 Å². The van der Waals surface area contributed by atoms with Crippen LogP contribution >= 0.6 is 0 Å². The third kappa shape index (κ3) is 4.59. The molecule has 2 aliphatic carbocycles. The van der Waals surface area contributed by atoms with E-state index in [1.54, 1.807) is 18.5 Å². The molecule has 2 aromatic rings. The number of carbonyl (C=O) groups is 1. The molecule has 0 bridgehead atoms. The van der Waals surface area contributed by atoms with Crippen LogP contribution in [0.15, 0.2) is 42.7 Å². The summed E-state index contributed by atoms with van der Waals surface area (Å²) in [5, 5.41) is 3.26. The fraction of sp³-hybridized carbons (Fsp3) is 0.455. The van der Waals surface area contributed by atoms with Gasteiger partial charge in [-0.3, -0.25) is 9.78 Å². The van der Waals surface area contributed by atoms with E-state index in [0.717, 1.165) is 5.56 Å². The lowest BCUT2D eigenvalue weighted by molar-refractivity contribution is 0.0925. The average molecular weight is 366 g/mol. The Kier molecular flexibility index (Phi) is 5.28. The monoisotopic (exact) mass is 366 g/mol. The van der Waals surface area contributed by atoms with Crippen molar-refractivity contribution in [1.82, 2.24) is 10.3 Å². The number of nitrogens with one attached hydrogen (secondary N) is 1. The zero-order valence-electron chi connectivity index (χ0n) is 15.7. The quantitative estimate of drug-likeness (QED) is 0.729. The number of nitrogens with zero attached hydrogens (tertiary/aromatic N) is 1. The third-order valence-corrected chi connectivity index (χ3v) is 5.21. The normalized spacial score (nSPS) is 16.2. The second kappa shape index (κ2) is 7.99. The van der Waals surface area contributed by atoms with E-state index in [4.69, 9.17) is 9.47 Å². The van der Waals surface area contributed by atoms with E-state index in [2.05, 4.69) is 10.3 Å². The molecule has 1 heterocycles. The first kappa shape index (κ1) is 17.8. The van der Waals surface area contributed by atoms with E-state index in [1.165, 1.54) is 25.7 Å². The molecule has 1 N–H and O–H groups in total.